The van der Waals surface area contributed by atoms with Gasteiger partial charge in [-0.2, -0.15) is 0 Å². The molecule has 3 rings (SSSR count). The smallest absolute Gasteiger partial charge is 0.191 e. The lowest BCUT2D eigenvalue weighted by Gasteiger charge is -2.38. The van der Waals surface area contributed by atoms with Crippen molar-refractivity contribution in [1.29, 1.82) is 0 Å². The molecular formula is C24H34IN3O3. The van der Waals surface area contributed by atoms with Gasteiger partial charge in [0.15, 0.2) is 5.96 Å². The first-order chi connectivity index (χ1) is 14.5. The average molecular weight is 539 g/mol. The largest absolute Gasteiger partial charge is 0.493 e. The highest BCUT2D eigenvalue weighted by molar-refractivity contribution is 14.0. The lowest BCUT2D eigenvalue weighted by atomic mass is 9.90. The van der Waals surface area contributed by atoms with E-state index in [1.165, 1.54) is 0 Å². The molecule has 0 fully saturated rings. The summed E-state index contributed by atoms with van der Waals surface area (Å²) in [6.07, 6.45) is 1.73. The zero-order valence-corrected chi connectivity index (χ0v) is 21.1. The van der Waals surface area contributed by atoms with Crippen LogP contribution in [0.4, 0.5) is 0 Å². The predicted molar refractivity (Wildman–Crippen MR) is 136 cm³/mol. The third-order valence-corrected chi connectivity index (χ3v) is 5.03. The van der Waals surface area contributed by atoms with Crippen molar-refractivity contribution in [2.24, 2.45) is 4.99 Å². The Hall–Kier alpha value is -2.00. The van der Waals surface area contributed by atoms with Crippen molar-refractivity contribution in [2.45, 2.75) is 44.9 Å². The quantitative estimate of drug-likeness (QED) is 0.221. The lowest BCUT2D eigenvalue weighted by molar-refractivity contribution is 0.0694. The van der Waals surface area contributed by atoms with E-state index in [1.807, 2.05) is 30.3 Å². The summed E-state index contributed by atoms with van der Waals surface area (Å²) in [6.45, 7) is 6.24. The minimum atomic E-state index is -0.237. The number of halogens is 1. The van der Waals surface area contributed by atoms with E-state index in [0.29, 0.717) is 19.8 Å². The molecule has 1 unspecified atom stereocenters. The highest BCUT2D eigenvalue weighted by Gasteiger charge is 2.33. The lowest BCUT2D eigenvalue weighted by Crippen LogP contribution is -2.45. The van der Waals surface area contributed by atoms with Crippen molar-refractivity contribution >= 4 is 29.9 Å². The first kappa shape index (κ1) is 25.3. The van der Waals surface area contributed by atoms with Crippen LogP contribution in [-0.2, 0) is 11.3 Å². The fourth-order valence-corrected chi connectivity index (χ4v) is 3.61. The van der Waals surface area contributed by atoms with Crippen molar-refractivity contribution in [1.82, 2.24) is 10.6 Å². The Labute approximate surface area is 202 Å². The van der Waals surface area contributed by atoms with Crippen molar-refractivity contribution in [3.05, 3.63) is 59.7 Å². The first-order valence-electron chi connectivity index (χ1n) is 10.5. The zero-order valence-electron chi connectivity index (χ0n) is 18.8. The number of nitrogens with one attached hydrogen (secondary N) is 2. The fourth-order valence-electron chi connectivity index (χ4n) is 3.61. The van der Waals surface area contributed by atoms with E-state index in [0.717, 1.165) is 41.4 Å². The average Bonchev–Trinajstić information content (AvgIpc) is 2.73. The molecule has 1 aliphatic heterocycles. The maximum Gasteiger partial charge on any atom is 0.191 e. The van der Waals surface area contributed by atoms with Crippen LogP contribution < -0.4 is 20.1 Å². The molecule has 1 heterocycles. The van der Waals surface area contributed by atoms with Gasteiger partial charge in [-0.05, 0) is 37.6 Å². The van der Waals surface area contributed by atoms with Gasteiger partial charge in [0.2, 0.25) is 0 Å². The summed E-state index contributed by atoms with van der Waals surface area (Å²) in [5.41, 5.74) is 2.06. The van der Waals surface area contributed by atoms with Crippen LogP contribution in [0.3, 0.4) is 0 Å². The topological polar surface area (TPSA) is 64.1 Å². The number of hydrogen-bond donors (Lipinski definition) is 2. The number of fused-ring (bicyclic) bond motifs is 1. The normalized spacial score (nSPS) is 17.0. The molecule has 7 heteroatoms. The van der Waals surface area contributed by atoms with Crippen molar-refractivity contribution < 1.29 is 14.2 Å². The van der Waals surface area contributed by atoms with Crippen molar-refractivity contribution in [2.75, 3.05) is 27.4 Å². The summed E-state index contributed by atoms with van der Waals surface area (Å²) in [4.78, 5) is 4.42. The second-order valence-electron chi connectivity index (χ2n) is 8.07. The number of nitrogens with zero attached hydrogens (tertiary/aromatic N) is 1. The minimum Gasteiger partial charge on any atom is -0.493 e. The highest BCUT2D eigenvalue weighted by Crippen LogP contribution is 2.39. The molecule has 0 saturated heterocycles. The van der Waals surface area contributed by atoms with Crippen LogP contribution in [0, 0.1) is 0 Å². The van der Waals surface area contributed by atoms with Crippen LogP contribution in [0.25, 0.3) is 0 Å². The number of guanidine groups is 1. The molecule has 2 aromatic rings. The van der Waals surface area contributed by atoms with E-state index in [1.54, 1.807) is 14.2 Å². The van der Waals surface area contributed by atoms with Gasteiger partial charge in [0, 0.05) is 45.7 Å². The minimum absolute atomic E-state index is 0. The second kappa shape index (κ2) is 12.1. The summed E-state index contributed by atoms with van der Waals surface area (Å²) >= 11 is 0. The van der Waals surface area contributed by atoms with Crippen LogP contribution in [0.5, 0.6) is 11.5 Å². The van der Waals surface area contributed by atoms with Crippen molar-refractivity contribution in [3.8, 4) is 11.5 Å². The molecule has 0 saturated carbocycles. The fraction of sp³-hybridized carbons (Fsp3) is 0.458. The second-order valence-corrected chi connectivity index (χ2v) is 8.07. The monoisotopic (exact) mass is 539 g/mol. The molecule has 31 heavy (non-hydrogen) atoms. The molecule has 1 atom stereocenters. The van der Waals surface area contributed by atoms with Gasteiger partial charge in [-0.15, -0.1) is 24.0 Å². The number of hydrogen-bond acceptors (Lipinski definition) is 4. The summed E-state index contributed by atoms with van der Waals surface area (Å²) < 4.78 is 17.0. The molecule has 1 aliphatic rings. The van der Waals surface area contributed by atoms with Crippen LogP contribution in [0.15, 0.2) is 53.5 Å². The Bertz CT molecular complexity index is 857. The standard InChI is InChI=1S/C24H33N3O3.HI/c1-24(2)16-21(20-11-5-6-12-22(20)30-24)27-23(25-3)26-17-18-9-7-10-19(15-18)29-14-8-13-28-4;/h5-7,9-12,15,21H,8,13-14,16-17H2,1-4H3,(H2,25,26,27);1H. The van der Waals surface area contributed by atoms with Gasteiger partial charge in [0.1, 0.15) is 17.1 Å². The molecule has 0 bridgehead atoms. The van der Waals surface area contributed by atoms with Gasteiger partial charge in [0.05, 0.1) is 12.6 Å². The molecule has 0 aliphatic carbocycles. The Morgan fingerprint density at radius 2 is 1.97 bits per heavy atom. The van der Waals surface area contributed by atoms with Gasteiger partial charge < -0.3 is 24.8 Å². The molecule has 170 valence electrons. The summed E-state index contributed by atoms with van der Waals surface area (Å²) in [5.74, 6) is 2.56. The van der Waals surface area contributed by atoms with E-state index in [-0.39, 0.29) is 35.6 Å². The van der Waals surface area contributed by atoms with Gasteiger partial charge in [0.25, 0.3) is 0 Å². The Balaban J connectivity index is 0.00000341. The Morgan fingerprint density at radius 1 is 1.16 bits per heavy atom. The molecule has 0 amide bonds. The Kier molecular flexibility index (Phi) is 9.90. The van der Waals surface area contributed by atoms with Crippen LogP contribution >= 0.6 is 24.0 Å². The third-order valence-electron chi connectivity index (χ3n) is 5.03. The maximum absolute atomic E-state index is 6.13. The van der Waals surface area contributed by atoms with Gasteiger partial charge in [-0.3, -0.25) is 4.99 Å². The highest BCUT2D eigenvalue weighted by atomic mass is 127. The van der Waals surface area contributed by atoms with Crippen LogP contribution in [-0.4, -0.2) is 38.9 Å². The third kappa shape index (κ3) is 7.57. The summed E-state index contributed by atoms with van der Waals surface area (Å²) in [6, 6.07) is 16.4. The maximum atomic E-state index is 6.13. The van der Waals surface area contributed by atoms with Crippen LogP contribution in [0.1, 0.15) is 43.9 Å². The molecule has 0 spiro atoms. The summed E-state index contributed by atoms with van der Waals surface area (Å²) in [7, 11) is 3.49. The SMILES string of the molecule is CN=C(NCc1cccc(OCCCOC)c1)NC1CC(C)(C)Oc2ccccc21.I. The van der Waals surface area contributed by atoms with E-state index in [9.17, 15) is 0 Å². The first-order valence-corrected chi connectivity index (χ1v) is 10.5. The number of rotatable bonds is 8. The zero-order chi connectivity index (χ0) is 21.4. The van der Waals surface area contributed by atoms with E-state index in [2.05, 4.69) is 47.7 Å². The Morgan fingerprint density at radius 3 is 2.74 bits per heavy atom. The van der Waals surface area contributed by atoms with E-state index >= 15 is 0 Å². The predicted octanol–water partition coefficient (Wildman–Crippen LogP) is 4.69. The van der Waals surface area contributed by atoms with Crippen LogP contribution in [0.2, 0.25) is 0 Å². The molecule has 2 aromatic carbocycles. The molecule has 0 radical (unpaired) electrons. The molecule has 2 N–H and O–H groups in total. The van der Waals surface area contributed by atoms with Gasteiger partial charge in [-0.25, -0.2) is 0 Å². The molecule has 0 aromatic heterocycles. The number of methoxy groups -OCH3 is 1. The van der Waals surface area contributed by atoms with E-state index < -0.39 is 0 Å². The van der Waals surface area contributed by atoms with Gasteiger partial charge >= 0.3 is 0 Å². The van der Waals surface area contributed by atoms with Crippen molar-refractivity contribution in [3.63, 3.8) is 0 Å². The molecular weight excluding hydrogens is 505 g/mol. The number of benzene rings is 2. The van der Waals surface area contributed by atoms with E-state index in [4.69, 9.17) is 14.2 Å². The number of aliphatic imine (C=N–C) groups is 1. The number of ether oxygens (including phenoxy) is 3. The van der Waals surface area contributed by atoms with Gasteiger partial charge in [-0.1, -0.05) is 30.3 Å². The number of para-hydroxylation sites is 1. The summed E-state index contributed by atoms with van der Waals surface area (Å²) in [5, 5.41) is 6.98. The molecule has 6 nitrogen and oxygen atoms in total.